The minimum Gasteiger partial charge on any atom is -0.397 e. The summed E-state index contributed by atoms with van der Waals surface area (Å²) in [6.07, 6.45) is 1.04. The van der Waals surface area contributed by atoms with Crippen LogP contribution in [0.15, 0.2) is 16.8 Å². The molecule has 0 amide bonds. The summed E-state index contributed by atoms with van der Waals surface area (Å²) in [5.41, 5.74) is 8.54. The van der Waals surface area contributed by atoms with Crippen LogP contribution in [0.25, 0.3) is 11.0 Å². The highest BCUT2D eigenvalue weighted by Crippen LogP contribution is 2.25. The van der Waals surface area contributed by atoms with Gasteiger partial charge < -0.3 is 11.1 Å². The van der Waals surface area contributed by atoms with Crippen molar-refractivity contribution in [2.75, 3.05) is 11.1 Å². The van der Waals surface area contributed by atoms with Crippen molar-refractivity contribution < 1.29 is 4.63 Å². The van der Waals surface area contributed by atoms with Crippen LogP contribution in [0, 0.1) is 0 Å². The first-order chi connectivity index (χ1) is 7.22. The second kappa shape index (κ2) is 3.76. The highest BCUT2D eigenvalue weighted by molar-refractivity contribution is 5.94. The Kier molecular flexibility index (Phi) is 2.45. The molecule has 1 aromatic heterocycles. The number of fused-ring (bicyclic) bond motifs is 1. The summed E-state index contributed by atoms with van der Waals surface area (Å²) in [4.78, 5) is 0. The highest BCUT2D eigenvalue weighted by atomic mass is 16.6. The van der Waals surface area contributed by atoms with Crippen LogP contribution in [0.2, 0.25) is 0 Å². The third-order valence-corrected chi connectivity index (χ3v) is 2.46. The molecule has 0 bridgehead atoms. The molecule has 0 saturated carbocycles. The van der Waals surface area contributed by atoms with Gasteiger partial charge in [0.15, 0.2) is 11.0 Å². The molecule has 0 aliphatic rings. The number of nitrogens with two attached hydrogens (primary N) is 1. The molecule has 0 radical (unpaired) electrons. The molecule has 2 rings (SSSR count). The molecule has 5 heteroatoms. The van der Waals surface area contributed by atoms with Gasteiger partial charge in [0.2, 0.25) is 0 Å². The lowest BCUT2D eigenvalue weighted by molar-refractivity contribution is 0.315. The first-order valence-corrected chi connectivity index (χ1v) is 4.99. The third-order valence-electron chi connectivity index (χ3n) is 2.46. The quantitative estimate of drug-likeness (QED) is 0.751. The standard InChI is InChI=1S/C10H14N4O/c1-3-6(2)12-8-5-4-7(11)9-10(8)14-15-13-9/h4-6,12H,3,11H2,1-2H3. The number of nitrogens with one attached hydrogen (secondary N) is 1. The van der Waals surface area contributed by atoms with E-state index in [2.05, 4.69) is 34.1 Å². The zero-order valence-corrected chi connectivity index (χ0v) is 8.82. The molecule has 3 N–H and O–H groups in total. The van der Waals surface area contributed by atoms with E-state index < -0.39 is 0 Å². The molecule has 1 unspecified atom stereocenters. The third kappa shape index (κ3) is 1.72. The van der Waals surface area contributed by atoms with Crippen molar-refractivity contribution in [3.8, 4) is 0 Å². The van der Waals surface area contributed by atoms with Gasteiger partial charge in [0.1, 0.15) is 0 Å². The van der Waals surface area contributed by atoms with Gasteiger partial charge >= 0.3 is 0 Å². The largest absolute Gasteiger partial charge is 0.397 e. The van der Waals surface area contributed by atoms with E-state index in [1.54, 1.807) is 6.07 Å². The Morgan fingerprint density at radius 3 is 2.87 bits per heavy atom. The van der Waals surface area contributed by atoms with Gasteiger partial charge in [-0.05, 0) is 35.8 Å². The first-order valence-electron chi connectivity index (χ1n) is 4.99. The van der Waals surface area contributed by atoms with Gasteiger partial charge in [0.05, 0.1) is 11.4 Å². The molecule has 1 atom stereocenters. The number of nitrogens with zero attached hydrogens (tertiary/aromatic N) is 2. The molecule has 0 spiro atoms. The molecule has 1 aromatic carbocycles. The Hall–Kier alpha value is -1.78. The first kappa shape index (κ1) is 9.76. The van der Waals surface area contributed by atoms with E-state index in [4.69, 9.17) is 5.73 Å². The molecule has 5 nitrogen and oxygen atoms in total. The maximum Gasteiger partial charge on any atom is 0.160 e. The second-order valence-electron chi connectivity index (χ2n) is 3.62. The molecule has 80 valence electrons. The Bertz CT molecular complexity index is 465. The van der Waals surface area contributed by atoms with Crippen molar-refractivity contribution >= 4 is 22.4 Å². The number of hydrogen-bond donors (Lipinski definition) is 2. The fourth-order valence-corrected chi connectivity index (χ4v) is 1.37. The molecular formula is C10H14N4O. The molecular weight excluding hydrogens is 192 g/mol. The number of rotatable bonds is 3. The number of benzene rings is 1. The van der Waals surface area contributed by atoms with Crippen molar-refractivity contribution in [1.82, 2.24) is 10.3 Å². The average Bonchev–Trinajstić information content (AvgIpc) is 2.71. The maximum atomic E-state index is 5.74. The lowest BCUT2D eigenvalue weighted by atomic mass is 10.2. The van der Waals surface area contributed by atoms with Gasteiger partial charge in [-0.25, -0.2) is 4.63 Å². The number of nitrogen functional groups attached to an aromatic ring is 1. The summed E-state index contributed by atoms with van der Waals surface area (Å²) in [6.45, 7) is 4.23. The van der Waals surface area contributed by atoms with Crippen LogP contribution < -0.4 is 11.1 Å². The van der Waals surface area contributed by atoms with Gasteiger partial charge in [0, 0.05) is 6.04 Å². The Labute approximate surface area is 87.6 Å². The van der Waals surface area contributed by atoms with Gasteiger partial charge in [-0.2, -0.15) is 0 Å². The minimum atomic E-state index is 0.383. The van der Waals surface area contributed by atoms with Gasteiger partial charge in [-0.1, -0.05) is 6.92 Å². The van der Waals surface area contributed by atoms with Crippen molar-refractivity contribution in [1.29, 1.82) is 0 Å². The van der Waals surface area contributed by atoms with Crippen LogP contribution in [-0.2, 0) is 0 Å². The van der Waals surface area contributed by atoms with Crippen LogP contribution in [-0.4, -0.2) is 16.4 Å². The van der Waals surface area contributed by atoms with Crippen molar-refractivity contribution in [3.05, 3.63) is 12.1 Å². The summed E-state index contributed by atoms with van der Waals surface area (Å²) < 4.78 is 4.68. The fourth-order valence-electron chi connectivity index (χ4n) is 1.37. The van der Waals surface area contributed by atoms with Gasteiger partial charge in [-0.3, -0.25) is 0 Å². The van der Waals surface area contributed by atoms with Crippen LogP contribution in [0.4, 0.5) is 11.4 Å². The summed E-state index contributed by atoms with van der Waals surface area (Å²) in [6, 6.07) is 4.08. The van der Waals surface area contributed by atoms with E-state index >= 15 is 0 Å². The van der Waals surface area contributed by atoms with Crippen molar-refractivity contribution in [2.45, 2.75) is 26.3 Å². The molecule has 0 saturated heterocycles. The number of aromatic nitrogens is 2. The summed E-state index contributed by atoms with van der Waals surface area (Å²) in [7, 11) is 0. The van der Waals surface area contributed by atoms with Crippen LogP contribution in [0.3, 0.4) is 0 Å². The van der Waals surface area contributed by atoms with E-state index in [0.717, 1.165) is 12.1 Å². The maximum absolute atomic E-state index is 5.74. The molecule has 1 heterocycles. The predicted octanol–water partition coefficient (Wildman–Crippen LogP) is 2.02. The number of anilines is 2. The smallest absolute Gasteiger partial charge is 0.160 e. The normalized spacial score (nSPS) is 12.9. The van der Waals surface area contributed by atoms with E-state index in [9.17, 15) is 0 Å². The topological polar surface area (TPSA) is 77.0 Å². The SMILES string of the molecule is CCC(C)Nc1ccc(N)c2nonc12. The second-order valence-corrected chi connectivity index (χ2v) is 3.62. The number of hydrogen-bond acceptors (Lipinski definition) is 5. The highest BCUT2D eigenvalue weighted by Gasteiger charge is 2.10. The Balaban J connectivity index is 2.43. The molecule has 2 aromatic rings. The zero-order chi connectivity index (χ0) is 10.8. The van der Waals surface area contributed by atoms with Crippen LogP contribution in [0.5, 0.6) is 0 Å². The van der Waals surface area contributed by atoms with E-state index in [0.29, 0.717) is 22.8 Å². The summed E-state index contributed by atoms with van der Waals surface area (Å²) in [5.74, 6) is 0. The summed E-state index contributed by atoms with van der Waals surface area (Å²) >= 11 is 0. The molecule has 0 aliphatic carbocycles. The fraction of sp³-hybridized carbons (Fsp3) is 0.400. The molecule has 15 heavy (non-hydrogen) atoms. The van der Waals surface area contributed by atoms with Crippen LogP contribution in [0.1, 0.15) is 20.3 Å². The van der Waals surface area contributed by atoms with E-state index in [-0.39, 0.29) is 0 Å². The minimum absolute atomic E-state index is 0.383. The Morgan fingerprint density at radius 1 is 1.40 bits per heavy atom. The Morgan fingerprint density at radius 2 is 2.13 bits per heavy atom. The lowest BCUT2D eigenvalue weighted by Crippen LogP contribution is -2.13. The zero-order valence-electron chi connectivity index (χ0n) is 8.82. The molecule has 0 aliphatic heterocycles. The average molecular weight is 206 g/mol. The van der Waals surface area contributed by atoms with Gasteiger partial charge in [0.25, 0.3) is 0 Å². The van der Waals surface area contributed by atoms with E-state index in [1.165, 1.54) is 0 Å². The van der Waals surface area contributed by atoms with Crippen molar-refractivity contribution in [3.63, 3.8) is 0 Å². The van der Waals surface area contributed by atoms with Gasteiger partial charge in [-0.15, -0.1) is 0 Å². The van der Waals surface area contributed by atoms with Crippen LogP contribution >= 0.6 is 0 Å². The monoisotopic (exact) mass is 206 g/mol. The lowest BCUT2D eigenvalue weighted by Gasteiger charge is -2.12. The molecule has 0 fully saturated rings. The predicted molar refractivity (Wildman–Crippen MR) is 59.6 cm³/mol. The van der Waals surface area contributed by atoms with E-state index in [1.807, 2.05) is 6.07 Å². The summed E-state index contributed by atoms with van der Waals surface area (Å²) in [5, 5.41) is 10.9. The van der Waals surface area contributed by atoms with Crippen molar-refractivity contribution in [2.24, 2.45) is 0 Å².